The minimum absolute atomic E-state index is 0.000479. The number of fused-ring (bicyclic) bond motifs is 5. The maximum absolute atomic E-state index is 14.8. The summed E-state index contributed by atoms with van der Waals surface area (Å²) in [6, 6.07) is 15.6. The monoisotopic (exact) mass is 720 g/mol. The molecule has 2 aromatic rings. The first-order valence-corrected chi connectivity index (χ1v) is 17.4. The lowest BCUT2D eigenvalue weighted by molar-refractivity contribution is -0.346. The first-order chi connectivity index (χ1) is 24.5. The van der Waals surface area contributed by atoms with Crippen LogP contribution in [0.15, 0.2) is 71.8 Å². The van der Waals surface area contributed by atoms with Gasteiger partial charge in [-0.3, -0.25) is 9.59 Å². The number of carbonyl (C=O) groups excluding carboxylic acids is 4. The number of ketones is 1. The van der Waals surface area contributed by atoms with Gasteiger partial charge in [-0.15, -0.1) is 0 Å². The summed E-state index contributed by atoms with van der Waals surface area (Å²) in [7, 11) is 1.45. The van der Waals surface area contributed by atoms with E-state index in [1.54, 1.807) is 69.3 Å². The van der Waals surface area contributed by atoms with Crippen LogP contribution in [0.4, 0.5) is 0 Å². The van der Waals surface area contributed by atoms with Gasteiger partial charge >= 0.3 is 17.9 Å². The zero-order valence-corrected chi connectivity index (χ0v) is 30.0. The van der Waals surface area contributed by atoms with Gasteiger partial charge in [0.05, 0.1) is 29.6 Å². The molecule has 2 saturated carbocycles. The van der Waals surface area contributed by atoms with Crippen molar-refractivity contribution in [3.63, 3.8) is 0 Å². The third-order valence-electron chi connectivity index (χ3n) is 12.1. The zero-order chi connectivity index (χ0) is 38.0. The highest BCUT2D eigenvalue weighted by Gasteiger charge is 2.78. The van der Waals surface area contributed by atoms with Crippen LogP contribution < -0.4 is 0 Å². The molecule has 6 rings (SSSR count). The molecule has 1 heterocycles. The predicted molar refractivity (Wildman–Crippen MR) is 184 cm³/mol. The molecule has 11 atom stereocenters. The van der Waals surface area contributed by atoms with Gasteiger partial charge in [0.1, 0.15) is 36.1 Å². The summed E-state index contributed by atoms with van der Waals surface area (Å²) < 4.78 is 24.0. The number of benzene rings is 2. The molecule has 3 fully saturated rings. The van der Waals surface area contributed by atoms with Crippen molar-refractivity contribution in [1.29, 1.82) is 0 Å². The van der Waals surface area contributed by atoms with Gasteiger partial charge in [-0.25, -0.2) is 9.59 Å². The van der Waals surface area contributed by atoms with Crippen molar-refractivity contribution in [2.24, 2.45) is 16.7 Å². The van der Waals surface area contributed by atoms with Crippen LogP contribution >= 0.6 is 0 Å². The summed E-state index contributed by atoms with van der Waals surface area (Å²) in [5, 5.41) is 52.5. The highest BCUT2D eigenvalue weighted by molar-refractivity contribution is 5.94. The Kier molecular flexibility index (Phi) is 9.77. The van der Waals surface area contributed by atoms with E-state index in [2.05, 4.69) is 5.32 Å². The van der Waals surface area contributed by atoms with Crippen LogP contribution in [0.2, 0.25) is 0 Å². The molecule has 0 aromatic heterocycles. The average Bonchev–Trinajstić information content (AvgIpc) is 3.10. The topological polar surface area (TPSA) is 200 Å². The summed E-state index contributed by atoms with van der Waals surface area (Å²) in [4.78, 5) is 55.3. The lowest BCUT2D eigenvalue weighted by Crippen LogP contribution is -2.81. The molecule has 2 bridgehead atoms. The van der Waals surface area contributed by atoms with Crippen molar-refractivity contribution >= 4 is 23.7 Å². The number of carbonyl (C=O) groups is 4. The Labute approximate surface area is 301 Å². The number of rotatable bonds is 8. The molecule has 1 saturated heterocycles. The van der Waals surface area contributed by atoms with Crippen LogP contribution in [-0.4, -0.2) is 106 Å². The van der Waals surface area contributed by atoms with Gasteiger partial charge in [0.2, 0.25) is 0 Å². The fourth-order valence-electron chi connectivity index (χ4n) is 9.24. The molecule has 52 heavy (non-hydrogen) atoms. The maximum Gasteiger partial charge on any atom is 0.338 e. The van der Waals surface area contributed by atoms with E-state index in [4.69, 9.17) is 18.9 Å². The molecule has 0 unspecified atom stereocenters. The van der Waals surface area contributed by atoms with E-state index in [9.17, 15) is 39.6 Å². The van der Waals surface area contributed by atoms with Gasteiger partial charge < -0.3 is 44.7 Å². The number of hydrogen-bond acceptors (Lipinski definition) is 12. The average molecular weight is 721 g/mol. The van der Waals surface area contributed by atoms with Gasteiger partial charge in [-0.05, 0) is 37.1 Å². The first kappa shape index (κ1) is 37.8. The Hall–Kier alpha value is -3.98. The maximum atomic E-state index is 14.8. The van der Waals surface area contributed by atoms with Crippen LogP contribution in [0.3, 0.4) is 0 Å². The number of ether oxygens (including phenoxy) is 4. The molecule has 1 aliphatic heterocycles. The SMILES string of the molecule is C[N-][C@@H](c1ccccc1)[C@@H](O)C(=O)O[C@H]1C[C@@]2(O)[C@@H](OC(=O)c3ccccc3)[C@@H]3[C@]4(OC(C)=O)CO[C@@H]4C[C@H](O)[C@@]3(C)C(=O)[C@H](O)C(=C1C)C2(C)C. The van der Waals surface area contributed by atoms with Crippen molar-refractivity contribution in [2.45, 2.75) is 101 Å². The fourth-order valence-corrected chi connectivity index (χ4v) is 9.24. The molecule has 280 valence electrons. The number of Topliss-reactive ketones (excluding diaryl/α,β-unsaturated/α-hetero) is 1. The Morgan fingerprint density at radius 1 is 0.981 bits per heavy atom. The molecule has 13 nitrogen and oxygen atoms in total. The van der Waals surface area contributed by atoms with Gasteiger partial charge in [0.15, 0.2) is 11.4 Å². The van der Waals surface area contributed by atoms with Crippen molar-refractivity contribution < 1.29 is 58.6 Å². The van der Waals surface area contributed by atoms with Gasteiger partial charge in [0.25, 0.3) is 0 Å². The van der Waals surface area contributed by atoms with Gasteiger partial charge in [-0.2, -0.15) is 7.05 Å². The minimum Gasteiger partial charge on any atom is -0.656 e. The van der Waals surface area contributed by atoms with Crippen LogP contribution in [0.25, 0.3) is 5.32 Å². The molecule has 2 aromatic carbocycles. The molecule has 0 spiro atoms. The lowest BCUT2D eigenvalue weighted by Gasteiger charge is -2.67. The number of hydrogen-bond donors (Lipinski definition) is 4. The summed E-state index contributed by atoms with van der Waals surface area (Å²) >= 11 is 0. The molecule has 0 radical (unpaired) electrons. The number of esters is 3. The molecular formula is C39H46NO12-. The summed E-state index contributed by atoms with van der Waals surface area (Å²) in [5.41, 5.74) is -6.57. The highest BCUT2D eigenvalue weighted by atomic mass is 16.6. The van der Waals surface area contributed by atoms with E-state index in [0.717, 1.165) is 0 Å². The van der Waals surface area contributed by atoms with E-state index < -0.39 is 101 Å². The Morgan fingerprint density at radius 3 is 2.15 bits per heavy atom. The second-order valence-corrected chi connectivity index (χ2v) is 15.2. The van der Waals surface area contributed by atoms with Crippen LogP contribution in [0, 0.1) is 16.7 Å². The van der Waals surface area contributed by atoms with Crippen molar-refractivity contribution in [3.8, 4) is 0 Å². The molecule has 4 N–H and O–H groups in total. The zero-order valence-electron chi connectivity index (χ0n) is 30.0. The van der Waals surface area contributed by atoms with Crippen molar-refractivity contribution in [1.82, 2.24) is 0 Å². The second kappa shape index (κ2) is 13.5. The molecule has 0 amide bonds. The lowest BCUT2D eigenvalue weighted by atomic mass is 9.44. The third kappa shape index (κ3) is 5.60. The van der Waals surface area contributed by atoms with Crippen LogP contribution in [0.5, 0.6) is 0 Å². The number of aliphatic hydroxyl groups is 4. The quantitative estimate of drug-likeness (QED) is 0.177. The standard InChI is InChI=1S/C39H46NO12/c1-20-24(50-35(47)30(44)28(40-6)22-13-9-7-10-14-22)18-39(48)33(51-34(46)23-15-11-8-12-16-23)31-37(5,32(45)29(43)27(20)36(39,3)4)25(42)17-26-38(31,19-49-26)52-21(2)41/h7-16,24-26,28-31,33,42-44,48H,17-19H2,1-6H3/q-1/t24-,25-,26+,28-,29+,30+,31-,33-,37+,38-,39+/m0/s1. The fraction of sp³-hybridized carbons (Fsp3) is 0.538. The van der Waals surface area contributed by atoms with E-state index in [1.165, 1.54) is 33.0 Å². The first-order valence-electron chi connectivity index (χ1n) is 17.4. The van der Waals surface area contributed by atoms with E-state index in [-0.39, 0.29) is 29.7 Å². The van der Waals surface area contributed by atoms with Crippen LogP contribution in [0.1, 0.15) is 69.4 Å². The number of aliphatic hydroxyl groups excluding tert-OH is 3. The largest absolute Gasteiger partial charge is 0.656 e. The van der Waals surface area contributed by atoms with E-state index in [0.29, 0.717) is 5.56 Å². The predicted octanol–water partition coefficient (Wildman–Crippen LogP) is 2.74. The normalized spacial score (nSPS) is 36.1. The molecule has 4 aliphatic rings. The highest BCUT2D eigenvalue weighted by Crippen LogP contribution is 2.64. The van der Waals surface area contributed by atoms with E-state index >= 15 is 0 Å². The molecular weight excluding hydrogens is 674 g/mol. The minimum atomic E-state index is -2.27. The Balaban J connectivity index is 1.53. The Bertz CT molecular complexity index is 1760. The smallest absolute Gasteiger partial charge is 0.338 e. The number of nitrogens with zero attached hydrogens (tertiary/aromatic N) is 1. The molecule has 3 aliphatic carbocycles. The Morgan fingerprint density at radius 2 is 1.60 bits per heavy atom. The summed E-state index contributed by atoms with van der Waals surface area (Å²) in [6.45, 7) is 7.04. The van der Waals surface area contributed by atoms with Gasteiger partial charge in [0, 0.05) is 25.2 Å². The van der Waals surface area contributed by atoms with Crippen LogP contribution in [-0.2, 0) is 33.3 Å². The van der Waals surface area contributed by atoms with Gasteiger partial charge in [-0.1, -0.05) is 74.0 Å². The third-order valence-corrected chi connectivity index (χ3v) is 12.1. The van der Waals surface area contributed by atoms with E-state index in [1.807, 2.05) is 0 Å². The van der Waals surface area contributed by atoms with Crippen molar-refractivity contribution in [3.05, 3.63) is 88.3 Å². The summed E-state index contributed by atoms with van der Waals surface area (Å²) in [6.07, 6.45) is -9.82. The molecule has 13 heteroatoms. The summed E-state index contributed by atoms with van der Waals surface area (Å²) in [5.74, 6) is -5.03. The second-order valence-electron chi connectivity index (χ2n) is 15.2. The van der Waals surface area contributed by atoms with Crippen molar-refractivity contribution in [2.75, 3.05) is 13.7 Å². The number of likely N-dealkylation sites (N-methyl/N-ethyl adjacent to an activating group) is 1.